The minimum absolute atomic E-state index is 0.00723. The zero-order chi connectivity index (χ0) is 23.6. The summed E-state index contributed by atoms with van der Waals surface area (Å²) in [5, 5.41) is 9.86. The standard InChI is InChI=1S/C22H26FN3O5S/c1-13(2)20-18(10-9-17-11-16(27)12-19(28)31-17)21(14-5-7-15(23)8-6-14)25-22(24-20)26(3)32(4,29)30/h5-10,13,16-17,27H,11-12H2,1-4H3/t16-,17?/m1/s1. The first-order valence-corrected chi connectivity index (χ1v) is 12.0. The predicted molar refractivity (Wildman–Crippen MR) is 119 cm³/mol. The molecular formula is C22H26FN3O5S. The molecule has 1 unspecified atom stereocenters. The molecule has 1 fully saturated rings. The molecule has 32 heavy (non-hydrogen) atoms. The van der Waals surface area contributed by atoms with Crippen LogP contribution in [0.1, 0.15) is 43.9 Å². The molecule has 1 aliphatic rings. The number of aliphatic hydroxyl groups is 1. The highest BCUT2D eigenvalue weighted by molar-refractivity contribution is 7.92. The molecule has 10 heteroatoms. The van der Waals surface area contributed by atoms with Gasteiger partial charge in [-0.3, -0.25) is 4.79 Å². The summed E-state index contributed by atoms with van der Waals surface area (Å²) in [5.74, 6) is -1.02. The molecule has 8 nitrogen and oxygen atoms in total. The molecule has 172 valence electrons. The third-order valence-corrected chi connectivity index (χ3v) is 6.23. The number of aromatic nitrogens is 2. The predicted octanol–water partition coefficient (Wildman–Crippen LogP) is 2.88. The highest BCUT2D eigenvalue weighted by Crippen LogP contribution is 2.32. The van der Waals surface area contributed by atoms with Crippen LogP contribution in [0.2, 0.25) is 0 Å². The number of benzene rings is 1. The number of nitrogens with zero attached hydrogens (tertiary/aromatic N) is 3. The number of hydrogen-bond acceptors (Lipinski definition) is 7. The summed E-state index contributed by atoms with van der Waals surface area (Å²) >= 11 is 0. The van der Waals surface area contributed by atoms with Crippen molar-refractivity contribution in [1.82, 2.24) is 9.97 Å². The molecule has 2 aromatic rings. The van der Waals surface area contributed by atoms with Crippen molar-refractivity contribution in [2.75, 3.05) is 17.6 Å². The molecule has 1 aliphatic heterocycles. The zero-order valence-corrected chi connectivity index (χ0v) is 19.1. The smallest absolute Gasteiger partial charge is 0.309 e. The Balaban J connectivity index is 2.17. The first kappa shape index (κ1) is 23.8. The van der Waals surface area contributed by atoms with Gasteiger partial charge in [-0.25, -0.2) is 27.1 Å². The van der Waals surface area contributed by atoms with E-state index >= 15 is 0 Å². The van der Waals surface area contributed by atoms with E-state index in [0.717, 1.165) is 10.6 Å². The quantitative estimate of drug-likeness (QED) is 0.656. The summed E-state index contributed by atoms with van der Waals surface area (Å²) in [6.07, 6.45) is 3.23. The van der Waals surface area contributed by atoms with Gasteiger partial charge < -0.3 is 9.84 Å². The van der Waals surface area contributed by atoms with Crippen LogP contribution in [0.25, 0.3) is 17.3 Å². The number of cyclic esters (lactones) is 1. The zero-order valence-electron chi connectivity index (χ0n) is 18.3. The van der Waals surface area contributed by atoms with Gasteiger partial charge in [0.25, 0.3) is 0 Å². The highest BCUT2D eigenvalue weighted by Gasteiger charge is 2.26. The Morgan fingerprint density at radius 1 is 1.25 bits per heavy atom. The minimum atomic E-state index is -3.61. The van der Waals surface area contributed by atoms with Crippen LogP contribution < -0.4 is 4.31 Å². The molecule has 1 aromatic carbocycles. The lowest BCUT2D eigenvalue weighted by Gasteiger charge is -2.24. The summed E-state index contributed by atoms with van der Waals surface area (Å²) < 4.78 is 44.0. The Bertz CT molecular complexity index is 1130. The van der Waals surface area contributed by atoms with E-state index in [9.17, 15) is 22.7 Å². The molecule has 1 aromatic heterocycles. The van der Waals surface area contributed by atoms with Crippen LogP contribution >= 0.6 is 0 Å². The van der Waals surface area contributed by atoms with Crippen molar-refractivity contribution >= 4 is 28.0 Å². The fourth-order valence-corrected chi connectivity index (χ4v) is 3.70. The monoisotopic (exact) mass is 463 g/mol. The minimum Gasteiger partial charge on any atom is -0.458 e. The van der Waals surface area contributed by atoms with Gasteiger partial charge in [0.2, 0.25) is 16.0 Å². The van der Waals surface area contributed by atoms with Crippen LogP contribution in [0.3, 0.4) is 0 Å². The molecule has 2 atom stereocenters. The van der Waals surface area contributed by atoms with Crippen LogP contribution in [0.5, 0.6) is 0 Å². The Hall–Kier alpha value is -2.85. The van der Waals surface area contributed by atoms with Crippen LogP contribution in [-0.4, -0.2) is 55.0 Å². The maximum absolute atomic E-state index is 13.5. The van der Waals surface area contributed by atoms with E-state index in [1.165, 1.54) is 19.2 Å². The SMILES string of the molecule is CC(C)c1nc(N(C)S(C)(=O)=O)nc(-c2ccc(F)cc2)c1C=CC1C[C@@H](O)CC(=O)O1. The second kappa shape index (κ2) is 9.33. The van der Waals surface area contributed by atoms with Gasteiger partial charge in [0.15, 0.2) is 0 Å². The Kier molecular flexibility index (Phi) is 6.94. The Labute approximate surface area is 186 Å². The van der Waals surface area contributed by atoms with E-state index in [1.807, 2.05) is 13.8 Å². The molecule has 0 bridgehead atoms. The number of carbonyl (C=O) groups is 1. The van der Waals surface area contributed by atoms with Crippen LogP contribution in [0, 0.1) is 5.82 Å². The van der Waals surface area contributed by atoms with Gasteiger partial charge in [-0.05, 0) is 36.3 Å². The van der Waals surface area contributed by atoms with Gasteiger partial charge in [0.05, 0.1) is 30.2 Å². The van der Waals surface area contributed by atoms with Crippen LogP contribution in [-0.2, 0) is 19.6 Å². The number of ether oxygens (including phenoxy) is 1. The van der Waals surface area contributed by atoms with Crippen LogP contribution in [0.4, 0.5) is 10.3 Å². The van der Waals surface area contributed by atoms with Gasteiger partial charge >= 0.3 is 5.97 Å². The van der Waals surface area contributed by atoms with Gasteiger partial charge in [-0.2, -0.15) is 0 Å². The second-order valence-electron chi connectivity index (χ2n) is 8.04. The first-order valence-electron chi connectivity index (χ1n) is 10.1. The number of aliphatic hydroxyl groups excluding tert-OH is 1. The molecule has 0 saturated carbocycles. The van der Waals surface area contributed by atoms with Crippen molar-refractivity contribution in [3.63, 3.8) is 0 Å². The molecular weight excluding hydrogens is 437 g/mol. The molecule has 0 aliphatic carbocycles. The number of carbonyl (C=O) groups excluding carboxylic acids is 1. The molecule has 0 spiro atoms. The third-order valence-electron chi connectivity index (χ3n) is 5.07. The summed E-state index contributed by atoms with van der Waals surface area (Å²) in [5.41, 5.74) is 2.14. The van der Waals surface area contributed by atoms with Crippen molar-refractivity contribution in [1.29, 1.82) is 0 Å². The fraction of sp³-hybridized carbons (Fsp3) is 0.409. The van der Waals surface area contributed by atoms with Gasteiger partial charge in [0.1, 0.15) is 11.9 Å². The summed E-state index contributed by atoms with van der Waals surface area (Å²) in [4.78, 5) is 20.6. The summed E-state index contributed by atoms with van der Waals surface area (Å²) in [6, 6.07) is 5.68. The van der Waals surface area contributed by atoms with Crippen molar-refractivity contribution in [2.24, 2.45) is 0 Å². The molecule has 3 rings (SSSR count). The molecule has 0 radical (unpaired) electrons. The van der Waals surface area contributed by atoms with E-state index in [1.54, 1.807) is 24.3 Å². The second-order valence-corrected chi connectivity index (χ2v) is 10.1. The number of hydrogen-bond donors (Lipinski definition) is 1. The van der Waals surface area contributed by atoms with Gasteiger partial charge in [-0.1, -0.05) is 19.9 Å². The van der Waals surface area contributed by atoms with Crippen molar-refractivity contribution in [3.8, 4) is 11.3 Å². The normalized spacial score (nSPS) is 19.4. The number of rotatable bonds is 6. The van der Waals surface area contributed by atoms with E-state index in [0.29, 0.717) is 22.5 Å². The average molecular weight is 464 g/mol. The maximum atomic E-state index is 13.5. The summed E-state index contributed by atoms with van der Waals surface area (Å²) in [6.45, 7) is 3.81. The first-order chi connectivity index (χ1) is 15.0. The van der Waals surface area contributed by atoms with E-state index in [4.69, 9.17) is 4.74 Å². The average Bonchev–Trinajstić information content (AvgIpc) is 2.70. The number of anilines is 1. The Morgan fingerprint density at radius 3 is 2.47 bits per heavy atom. The molecule has 2 heterocycles. The van der Waals surface area contributed by atoms with Gasteiger partial charge in [-0.15, -0.1) is 0 Å². The van der Waals surface area contributed by atoms with Crippen molar-refractivity contribution in [3.05, 3.63) is 47.4 Å². The molecule has 1 N–H and O–H groups in total. The van der Waals surface area contributed by atoms with Gasteiger partial charge in [0, 0.05) is 24.6 Å². The fourth-order valence-electron chi connectivity index (χ4n) is 3.33. The highest BCUT2D eigenvalue weighted by atomic mass is 32.2. The van der Waals surface area contributed by atoms with E-state index < -0.39 is 34.0 Å². The summed E-state index contributed by atoms with van der Waals surface area (Å²) in [7, 11) is -2.25. The van der Waals surface area contributed by atoms with E-state index in [2.05, 4.69) is 9.97 Å². The van der Waals surface area contributed by atoms with Crippen LogP contribution in [0.15, 0.2) is 30.3 Å². The van der Waals surface area contributed by atoms with E-state index in [-0.39, 0.29) is 24.7 Å². The largest absolute Gasteiger partial charge is 0.458 e. The maximum Gasteiger partial charge on any atom is 0.309 e. The third kappa shape index (κ3) is 5.49. The lowest BCUT2D eigenvalue weighted by Crippen LogP contribution is -2.31. The number of esters is 1. The topological polar surface area (TPSA) is 110 Å². The molecule has 0 amide bonds. The lowest BCUT2D eigenvalue weighted by atomic mass is 9.97. The van der Waals surface area contributed by atoms with Crippen molar-refractivity contribution < 1.29 is 27.4 Å². The van der Waals surface area contributed by atoms with Crippen molar-refractivity contribution in [2.45, 2.75) is 44.8 Å². The number of halogens is 1. The number of sulfonamides is 1. The molecule has 1 saturated heterocycles. The lowest BCUT2D eigenvalue weighted by molar-refractivity contribution is -0.156. The Morgan fingerprint density at radius 2 is 1.91 bits per heavy atom.